The number of rotatable bonds is 9. The Bertz CT molecular complexity index is 6290. The zero-order valence-electron chi connectivity index (χ0n) is 54.8. The third kappa shape index (κ3) is 10.8. The van der Waals surface area contributed by atoms with E-state index in [4.69, 9.17) is 9.47 Å². The molecule has 0 unspecified atom stereocenters. The predicted molar refractivity (Wildman–Crippen MR) is 364 cm³/mol. The molecule has 2 aliphatic heterocycles. The Morgan fingerprint density at radius 2 is 0.464 bits per heavy atom. The number of methoxy groups -OCH3 is 2. The lowest BCUT2D eigenvalue weighted by atomic mass is 9.96. The number of aromatic nitrogens is 8. The Kier molecular flexibility index (Phi) is 16.7. The van der Waals surface area contributed by atoms with Gasteiger partial charge in [0.05, 0.1) is 92.4 Å². The molecule has 32 heteroatoms. The molecule has 8 aromatic heterocycles. The lowest BCUT2D eigenvalue weighted by Crippen LogP contribution is -2.05. The Morgan fingerprint density at radius 3 is 0.718 bits per heavy atom. The summed E-state index contributed by atoms with van der Waals surface area (Å²) in [6.45, 7) is 0. The van der Waals surface area contributed by atoms with Gasteiger partial charge in [0.2, 0.25) is 23.3 Å². The van der Waals surface area contributed by atoms with Gasteiger partial charge in [0.25, 0.3) is 0 Å². The van der Waals surface area contributed by atoms with Crippen molar-refractivity contribution in [1.82, 2.24) is 39.9 Å². The minimum absolute atomic E-state index is 0.0369. The number of hydrogen-bond acceptors (Lipinski definition) is 6. The van der Waals surface area contributed by atoms with Crippen LogP contribution in [-0.4, -0.2) is 66.0 Å². The van der Waals surface area contributed by atoms with E-state index < -0.39 is 251 Å². The van der Waals surface area contributed by atoms with Crippen molar-refractivity contribution in [1.29, 1.82) is 0 Å². The maximum atomic E-state index is 17.4. The highest BCUT2D eigenvalue weighted by molar-refractivity contribution is 6.12. The summed E-state index contributed by atoms with van der Waals surface area (Å²) in [5.74, 6) is -52.3. The largest absolute Gasteiger partial charge is 0.465 e. The van der Waals surface area contributed by atoms with Gasteiger partial charge >= 0.3 is 11.9 Å². The lowest BCUT2D eigenvalue weighted by Gasteiger charge is -2.12. The number of carbonyl (C=O) groups excluding carboxylic acids is 2. The number of benzene rings is 6. The highest BCUT2D eigenvalue weighted by Gasteiger charge is 2.36. The molecule has 6 N–H and O–H groups in total. The first-order valence-electron chi connectivity index (χ1n) is 31.8. The second kappa shape index (κ2) is 26.1. The van der Waals surface area contributed by atoms with Gasteiger partial charge in [0.15, 0.2) is 93.1 Å². The molecule has 0 atom stereocenters. The van der Waals surface area contributed by atoms with Crippen molar-refractivity contribution < 1.29 is 107 Å². The zero-order chi connectivity index (χ0) is 77.8. The van der Waals surface area contributed by atoms with Gasteiger partial charge in [-0.3, -0.25) is 0 Å². The number of H-pyrrole nitrogens is 6. The van der Waals surface area contributed by atoms with Crippen LogP contribution in [0, 0.1) is 116 Å². The van der Waals surface area contributed by atoms with Crippen LogP contribution in [0.25, 0.3) is 168 Å². The second-order valence-corrected chi connectivity index (χ2v) is 24.7. The Morgan fingerprint density at radius 1 is 0.245 bits per heavy atom. The highest BCUT2D eigenvalue weighted by atomic mass is 19.2. The number of fused-ring (bicyclic) bond motifs is 18. The van der Waals surface area contributed by atoms with Gasteiger partial charge in [0.1, 0.15) is 0 Å². The molecule has 110 heavy (non-hydrogen) atoms. The van der Waals surface area contributed by atoms with Crippen LogP contribution in [0.15, 0.2) is 109 Å². The summed E-state index contributed by atoms with van der Waals surface area (Å²) in [7, 11) is 2.11. The first-order valence-corrected chi connectivity index (χ1v) is 31.8. The van der Waals surface area contributed by atoms with Crippen molar-refractivity contribution in [2.24, 2.45) is 0 Å². The van der Waals surface area contributed by atoms with Crippen LogP contribution in [0.4, 0.5) is 87.8 Å². The van der Waals surface area contributed by atoms with Crippen LogP contribution < -0.4 is 0 Å². The first kappa shape index (κ1) is 70.6. The Labute approximate surface area is 598 Å². The average Bonchev–Trinajstić information content (AvgIpc) is 1.56. The zero-order valence-corrected chi connectivity index (χ0v) is 54.8. The number of nitrogens with one attached hydrogen (secondary N) is 6. The molecule has 0 saturated carbocycles. The molecule has 0 spiro atoms. The van der Waals surface area contributed by atoms with E-state index in [9.17, 15) is 18.4 Å². The predicted octanol–water partition coefficient (Wildman–Crippen LogP) is 21.7. The van der Waals surface area contributed by atoms with Crippen molar-refractivity contribution >= 4 is 102 Å². The fourth-order valence-corrected chi connectivity index (χ4v) is 13.6. The van der Waals surface area contributed by atoms with Gasteiger partial charge in [-0.05, 0) is 120 Å². The van der Waals surface area contributed by atoms with Crippen molar-refractivity contribution in [3.8, 4) is 77.9 Å². The topological polar surface area (TPSA) is 173 Å². The third-order valence-electron chi connectivity index (χ3n) is 18.7. The number of ether oxygens (including phenoxy) is 2. The second-order valence-electron chi connectivity index (χ2n) is 24.7. The van der Waals surface area contributed by atoms with Crippen molar-refractivity contribution in [3.05, 3.63) is 259 Å². The normalized spacial score (nSPS) is 12.1. The lowest BCUT2D eigenvalue weighted by molar-refractivity contribution is 0.0592. The quantitative estimate of drug-likeness (QED) is 0.0363. The van der Waals surface area contributed by atoms with E-state index >= 15 is 79.0 Å². The molecule has 0 aliphatic carbocycles. The fraction of sp³-hybridized carbons (Fsp3) is 0.0256. The third-order valence-corrected chi connectivity index (χ3v) is 18.7. The molecule has 10 heterocycles. The highest BCUT2D eigenvalue weighted by Crippen LogP contribution is 2.49. The summed E-state index contributed by atoms with van der Waals surface area (Å²) in [6, 6.07) is 20.9. The molecule has 16 rings (SSSR count). The van der Waals surface area contributed by atoms with E-state index in [2.05, 4.69) is 39.9 Å². The molecule has 0 amide bonds. The smallest absolute Gasteiger partial charge is 0.337 e. The number of halogens is 20. The Hall–Kier alpha value is -13.7. The summed E-state index contributed by atoms with van der Waals surface area (Å²) < 4.78 is 334. The van der Waals surface area contributed by atoms with E-state index in [0.29, 0.717) is 0 Å². The molecule has 2 aliphatic rings. The maximum absolute atomic E-state index is 17.4. The minimum Gasteiger partial charge on any atom is -0.465 e. The molecule has 0 fully saturated rings. The number of aromatic amines is 6. The molecule has 14 aromatic rings. The van der Waals surface area contributed by atoms with Crippen molar-refractivity contribution in [2.75, 3.05) is 14.2 Å². The van der Waals surface area contributed by atoms with E-state index in [1.165, 1.54) is 60.7 Å². The number of nitrogens with zero attached hydrogens (tertiary/aromatic N) is 2. The van der Waals surface area contributed by atoms with Gasteiger partial charge in [-0.1, -0.05) is 24.3 Å². The van der Waals surface area contributed by atoms with Crippen molar-refractivity contribution in [2.45, 2.75) is 0 Å². The van der Waals surface area contributed by atoms with Crippen LogP contribution in [0.5, 0.6) is 0 Å². The molecule has 6 aromatic carbocycles. The van der Waals surface area contributed by atoms with Gasteiger partial charge in [0, 0.05) is 88.6 Å². The molecule has 12 nitrogen and oxygen atoms in total. The van der Waals surface area contributed by atoms with Gasteiger partial charge in [-0.15, -0.1) is 0 Å². The summed E-state index contributed by atoms with van der Waals surface area (Å²) in [5.41, 5.74) is -20.8. The van der Waals surface area contributed by atoms with Gasteiger partial charge < -0.3 is 39.4 Å². The molecule has 0 saturated heterocycles. The molecule has 16 bridgehead atoms. The van der Waals surface area contributed by atoms with Crippen LogP contribution in [0.2, 0.25) is 0 Å². The number of carbonyl (C=O) groups is 2. The molecular formula is C78H34F20N8O4. The van der Waals surface area contributed by atoms with E-state index in [1.807, 2.05) is 0 Å². The molecule has 550 valence electrons. The molecular weight excluding hydrogens is 1490 g/mol. The standard InChI is InChI=1S/C78H34F20N8O4/c1-109-77(107)27-7-3-25(4-8-27)45-33-15-19-39(101-33)47(51-55(79)63(87)71(95)64(88)56(51)80)37-13-11-31(99-37)43-23-29(75(105-43)49(41-21-17-35(45)103-41)53-59(83)67(91)73(97)68(92)60(53)84)30-24-44-32-12-14-38(100-32)48(52-57(81)65(89)72(96)66(90)58(52)82)40-20-16-34(102-40)46(26-5-9-28(10-6-26)78(108)110-2)36-18-22-42(104-36)50(76(30)106-44)54-61(85)69(93)74(98)70(94)62(54)86/h3-24,101-106H,1-2H3. The van der Waals surface area contributed by atoms with Crippen LogP contribution in [-0.2, 0) is 9.47 Å². The monoisotopic (exact) mass is 1530 g/mol. The van der Waals surface area contributed by atoms with E-state index in [1.54, 1.807) is 0 Å². The van der Waals surface area contributed by atoms with Crippen LogP contribution >= 0.6 is 0 Å². The van der Waals surface area contributed by atoms with E-state index in [-0.39, 0.29) is 55.4 Å². The summed E-state index contributed by atoms with van der Waals surface area (Å²) in [5, 5.41) is 0. The van der Waals surface area contributed by atoms with Gasteiger partial charge in [-0.2, -0.15) is 0 Å². The van der Waals surface area contributed by atoms with Crippen LogP contribution in [0.1, 0.15) is 43.5 Å². The van der Waals surface area contributed by atoms with Crippen molar-refractivity contribution in [3.63, 3.8) is 0 Å². The van der Waals surface area contributed by atoms with Crippen LogP contribution in [0.3, 0.4) is 0 Å². The fourth-order valence-electron chi connectivity index (χ4n) is 13.6. The maximum Gasteiger partial charge on any atom is 0.337 e. The SMILES string of the molecule is COC(=O)c1ccc(-c2c3ccc([nH]3)c(-c3c(F)c(F)c(F)c(F)c3F)c3nc(c4cc(-c5cc6[nH]c5c(-c5c(F)c(F)c(F)c(F)c5F)c5ccc([nH]5)c(-c5ccc(C(=O)OC)cc5)c5ccc([nH]5)c(-c5c(F)c(F)c(F)c(F)c5F)c5nc6C=C5)c([nH]4)c(-c4c(F)c(F)c(F)c(F)c4F)c4ccc2[nH]4)C=C3)cc1. The summed E-state index contributed by atoms with van der Waals surface area (Å²) in [4.78, 5) is 51.7. The summed E-state index contributed by atoms with van der Waals surface area (Å²) in [6.07, 6.45) is 3.96. The Balaban J connectivity index is 1.16. The van der Waals surface area contributed by atoms with E-state index in [0.717, 1.165) is 87.1 Å². The number of esters is 2. The number of hydrogen-bond donors (Lipinski definition) is 6. The first-order chi connectivity index (χ1) is 52.6. The molecule has 0 radical (unpaired) electrons. The minimum atomic E-state index is -2.70. The summed E-state index contributed by atoms with van der Waals surface area (Å²) >= 11 is 0. The van der Waals surface area contributed by atoms with Gasteiger partial charge in [-0.25, -0.2) is 107 Å². The average molecular weight is 1530 g/mol.